The topological polar surface area (TPSA) is 97.5 Å². The number of hydrogen-bond acceptors (Lipinski definition) is 6. The molecule has 0 saturated carbocycles. The van der Waals surface area contributed by atoms with E-state index in [2.05, 4.69) is 15.5 Å². The summed E-state index contributed by atoms with van der Waals surface area (Å²) in [6.45, 7) is 1.86. The number of rotatable bonds is 8. The van der Waals surface area contributed by atoms with Crippen molar-refractivity contribution in [2.24, 2.45) is 5.92 Å². The first-order chi connectivity index (χ1) is 12.2. The molecule has 1 fully saturated rings. The Morgan fingerprint density at radius 1 is 1.36 bits per heavy atom. The first-order valence-electron chi connectivity index (χ1n) is 8.69. The predicted molar refractivity (Wildman–Crippen MR) is 91.4 cm³/mol. The van der Waals surface area contributed by atoms with Gasteiger partial charge in [0.05, 0.1) is 0 Å². The third kappa shape index (κ3) is 5.29. The Morgan fingerprint density at radius 2 is 2.20 bits per heavy atom. The summed E-state index contributed by atoms with van der Waals surface area (Å²) in [5, 5.41) is 16.1. The fraction of sp³-hybridized carbons (Fsp3) is 0.500. The van der Waals surface area contributed by atoms with Gasteiger partial charge in [-0.05, 0) is 56.8 Å². The first-order valence-corrected chi connectivity index (χ1v) is 8.69. The minimum Gasteiger partial charge on any atom is -0.482 e. The van der Waals surface area contributed by atoms with Gasteiger partial charge in [0.15, 0.2) is 6.61 Å². The largest absolute Gasteiger partial charge is 0.482 e. The average Bonchev–Trinajstić information content (AvgIpc) is 3.10. The average molecular weight is 345 g/mol. The van der Waals surface area contributed by atoms with Crippen molar-refractivity contribution < 1.29 is 19.2 Å². The van der Waals surface area contributed by atoms with Gasteiger partial charge in [-0.15, -0.1) is 0 Å². The van der Waals surface area contributed by atoms with E-state index in [-0.39, 0.29) is 6.61 Å². The number of benzene rings is 1. The van der Waals surface area contributed by atoms with Gasteiger partial charge in [0.2, 0.25) is 11.7 Å². The van der Waals surface area contributed by atoms with Gasteiger partial charge < -0.3 is 19.7 Å². The molecule has 134 valence electrons. The van der Waals surface area contributed by atoms with Gasteiger partial charge >= 0.3 is 5.97 Å². The molecule has 1 saturated heterocycles. The van der Waals surface area contributed by atoms with Crippen LogP contribution in [-0.4, -0.2) is 40.9 Å². The first kappa shape index (κ1) is 17.4. The smallest absolute Gasteiger partial charge is 0.341 e. The number of hydrogen-bond donors (Lipinski definition) is 2. The lowest BCUT2D eigenvalue weighted by Gasteiger charge is -2.21. The van der Waals surface area contributed by atoms with E-state index in [0.29, 0.717) is 17.5 Å². The highest BCUT2D eigenvalue weighted by Crippen LogP contribution is 2.23. The Balaban J connectivity index is 1.53. The molecule has 0 unspecified atom stereocenters. The number of aryl methyl sites for hydroxylation is 1. The number of aromatic nitrogens is 2. The zero-order chi connectivity index (χ0) is 17.5. The van der Waals surface area contributed by atoms with E-state index in [0.717, 1.165) is 37.4 Å². The number of carboxylic acid groups (broad SMARTS) is 1. The van der Waals surface area contributed by atoms with E-state index in [1.165, 1.54) is 19.3 Å². The predicted octanol–water partition coefficient (Wildman–Crippen LogP) is 2.52. The van der Waals surface area contributed by atoms with Crippen molar-refractivity contribution in [3.8, 4) is 17.1 Å². The molecule has 1 aliphatic rings. The molecule has 0 atom stereocenters. The van der Waals surface area contributed by atoms with Crippen molar-refractivity contribution in [1.82, 2.24) is 15.5 Å². The molecule has 1 aliphatic heterocycles. The molecule has 7 nitrogen and oxygen atoms in total. The van der Waals surface area contributed by atoms with Crippen molar-refractivity contribution >= 4 is 5.97 Å². The van der Waals surface area contributed by atoms with Crippen molar-refractivity contribution in [2.45, 2.75) is 32.1 Å². The Labute approximate surface area is 146 Å². The van der Waals surface area contributed by atoms with Crippen LogP contribution in [0.4, 0.5) is 0 Å². The van der Waals surface area contributed by atoms with Crippen molar-refractivity contribution in [3.05, 3.63) is 30.2 Å². The molecule has 7 heteroatoms. The fourth-order valence-electron chi connectivity index (χ4n) is 3.06. The molecule has 2 aromatic rings. The SMILES string of the molecule is O=C(O)COc1cccc(-c2noc(CCCC3CCNCC3)n2)c1. The molecular weight excluding hydrogens is 322 g/mol. The van der Waals surface area contributed by atoms with Crippen LogP contribution in [0.15, 0.2) is 28.8 Å². The van der Waals surface area contributed by atoms with Gasteiger partial charge in [0.1, 0.15) is 5.75 Å². The standard InChI is InChI=1S/C18H23N3O4/c22-17(23)12-24-15-5-2-4-14(11-15)18-20-16(25-21-18)6-1-3-13-7-9-19-10-8-13/h2,4-5,11,13,19H,1,3,6-10,12H2,(H,22,23). The minimum absolute atomic E-state index is 0.377. The molecule has 0 radical (unpaired) electrons. The number of aliphatic carboxylic acids is 1. The van der Waals surface area contributed by atoms with Crippen LogP contribution in [0.1, 0.15) is 31.6 Å². The Kier molecular flexibility index (Phi) is 6.00. The van der Waals surface area contributed by atoms with Crippen molar-refractivity contribution in [2.75, 3.05) is 19.7 Å². The normalized spacial score (nSPS) is 15.2. The van der Waals surface area contributed by atoms with Gasteiger partial charge in [-0.3, -0.25) is 0 Å². The third-order valence-corrected chi connectivity index (χ3v) is 4.38. The third-order valence-electron chi connectivity index (χ3n) is 4.38. The lowest BCUT2D eigenvalue weighted by atomic mass is 9.92. The van der Waals surface area contributed by atoms with Crippen LogP contribution in [0.5, 0.6) is 5.75 Å². The van der Waals surface area contributed by atoms with Gasteiger partial charge in [-0.1, -0.05) is 17.3 Å². The van der Waals surface area contributed by atoms with Crippen LogP contribution in [-0.2, 0) is 11.2 Å². The second-order valence-electron chi connectivity index (χ2n) is 6.31. The maximum Gasteiger partial charge on any atom is 0.341 e. The van der Waals surface area contributed by atoms with Gasteiger partial charge in [0.25, 0.3) is 0 Å². The molecule has 1 aromatic carbocycles. The summed E-state index contributed by atoms with van der Waals surface area (Å²) < 4.78 is 10.5. The number of ether oxygens (including phenoxy) is 1. The minimum atomic E-state index is -1.01. The van der Waals surface area contributed by atoms with Crippen LogP contribution in [0.2, 0.25) is 0 Å². The maximum atomic E-state index is 10.6. The lowest BCUT2D eigenvalue weighted by Crippen LogP contribution is -2.27. The van der Waals surface area contributed by atoms with Gasteiger partial charge in [-0.2, -0.15) is 4.98 Å². The van der Waals surface area contributed by atoms with Gasteiger partial charge in [-0.25, -0.2) is 4.79 Å². The van der Waals surface area contributed by atoms with E-state index in [4.69, 9.17) is 14.4 Å². The highest BCUT2D eigenvalue weighted by atomic mass is 16.5. The molecular formula is C18H23N3O4. The van der Waals surface area contributed by atoms with Crippen LogP contribution >= 0.6 is 0 Å². The Bertz CT molecular complexity index is 695. The molecule has 0 bridgehead atoms. The summed E-state index contributed by atoms with van der Waals surface area (Å²) >= 11 is 0. The second-order valence-corrected chi connectivity index (χ2v) is 6.31. The molecule has 0 aliphatic carbocycles. The quantitative estimate of drug-likeness (QED) is 0.758. The fourth-order valence-corrected chi connectivity index (χ4v) is 3.06. The summed E-state index contributed by atoms with van der Waals surface area (Å²) in [5.41, 5.74) is 0.747. The molecule has 1 aromatic heterocycles. The Morgan fingerprint density at radius 3 is 3.00 bits per heavy atom. The summed E-state index contributed by atoms with van der Waals surface area (Å²) in [6, 6.07) is 7.04. The molecule has 2 heterocycles. The summed E-state index contributed by atoms with van der Waals surface area (Å²) in [7, 11) is 0. The van der Waals surface area contributed by atoms with E-state index in [1.807, 2.05) is 6.07 Å². The molecule has 0 amide bonds. The molecule has 25 heavy (non-hydrogen) atoms. The monoisotopic (exact) mass is 345 g/mol. The molecule has 3 rings (SSSR count). The Hall–Kier alpha value is -2.41. The van der Waals surface area contributed by atoms with Crippen LogP contribution < -0.4 is 10.1 Å². The van der Waals surface area contributed by atoms with Crippen LogP contribution in [0.25, 0.3) is 11.4 Å². The number of nitrogens with zero attached hydrogens (tertiary/aromatic N) is 2. The number of nitrogens with one attached hydrogen (secondary N) is 1. The number of carboxylic acids is 1. The van der Waals surface area contributed by atoms with E-state index in [9.17, 15) is 4.79 Å². The molecule has 0 spiro atoms. The zero-order valence-corrected chi connectivity index (χ0v) is 14.1. The highest BCUT2D eigenvalue weighted by molar-refractivity contribution is 5.68. The van der Waals surface area contributed by atoms with Crippen molar-refractivity contribution in [3.63, 3.8) is 0 Å². The lowest BCUT2D eigenvalue weighted by molar-refractivity contribution is -0.139. The van der Waals surface area contributed by atoms with Crippen LogP contribution in [0.3, 0.4) is 0 Å². The maximum absolute atomic E-state index is 10.6. The van der Waals surface area contributed by atoms with E-state index in [1.54, 1.807) is 18.2 Å². The summed E-state index contributed by atoms with van der Waals surface area (Å²) in [4.78, 5) is 15.0. The summed E-state index contributed by atoms with van der Waals surface area (Å²) in [5.74, 6) is 1.39. The van der Waals surface area contributed by atoms with Gasteiger partial charge in [0, 0.05) is 12.0 Å². The summed E-state index contributed by atoms with van der Waals surface area (Å²) in [6.07, 6.45) is 5.52. The zero-order valence-electron chi connectivity index (χ0n) is 14.1. The van der Waals surface area contributed by atoms with Crippen molar-refractivity contribution in [1.29, 1.82) is 0 Å². The van der Waals surface area contributed by atoms with E-state index < -0.39 is 5.97 Å². The highest BCUT2D eigenvalue weighted by Gasteiger charge is 2.14. The second kappa shape index (κ2) is 8.62. The number of piperidine rings is 1. The van der Waals surface area contributed by atoms with Crippen LogP contribution in [0, 0.1) is 5.92 Å². The number of carbonyl (C=O) groups is 1. The van der Waals surface area contributed by atoms with E-state index >= 15 is 0 Å². The molecule has 2 N–H and O–H groups in total.